The molecule has 0 atom stereocenters. The molecule has 0 saturated carbocycles. The molecule has 0 aromatic rings. The SMILES string of the molecule is CCS(=O)(=O)C1(C=O)CCOCC1. The number of sulfone groups is 1. The molecule has 4 nitrogen and oxygen atoms in total. The van der Waals surface area contributed by atoms with Crippen molar-refractivity contribution < 1.29 is 17.9 Å². The molecule has 0 N–H and O–H groups in total. The molecule has 0 bridgehead atoms. The van der Waals surface area contributed by atoms with Crippen LogP contribution in [0.5, 0.6) is 0 Å². The van der Waals surface area contributed by atoms with Crippen LogP contribution < -0.4 is 0 Å². The van der Waals surface area contributed by atoms with Gasteiger partial charge in [0.25, 0.3) is 0 Å². The smallest absolute Gasteiger partial charge is 0.162 e. The van der Waals surface area contributed by atoms with E-state index in [0.717, 1.165) is 0 Å². The lowest BCUT2D eigenvalue weighted by molar-refractivity contribution is -0.112. The topological polar surface area (TPSA) is 60.4 Å². The number of carbonyl (C=O) groups is 1. The van der Waals surface area contributed by atoms with Gasteiger partial charge in [0.05, 0.1) is 0 Å². The zero-order valence-corrected chi connectivity index (χ0v) is 8.47. The van der Waals surface area contributed by atoms with Crippen LogP contribution in [0, 0.1) is 0 Å². The van der Waals surface area contributed by atoms with Crippen molar-refractivity contribution in [3.63, 3.8) is 0 Å². The first kappa shape index (κ1) is 10.7. The summed E-state index contributed by atoms with van der Waals surface area (Å²) in [7, 11) is -3.28. The highest BCUT2D eigenvalue weighted by atomic mass is 32.2. The van der Waals surface area contributed by atoms with E-state index >= 15 is 0 Å². The first-order chi connectivity index (χ1) is 6.08. The molecule has 1 fully saturated rings. The zero-order valence-electron chi connectivity index (χ0n) is 7.65. The minimum absolute atomic E-state index is 0.0196. The zero-order chi connectivity index (χ0) is 9.95. The van der Waals surface area contributed by atoms with Gasteiger partial charge in [0.1, 0.15) is 11.0 Å². The average molecular weight is 206 g/mol. The lowest BCUT2D eigenvalue weighted by Crippen LogP contribution is -2.46. The Balaban J connectivity index is 2.98. The van der Waals surface area contributed by atoms with E-state index in [1.807, 2.05) is 0 Å². The lowest BCUT2D eigenvalue weighted by atomic mass is 10.0. The minimum atomic E-state index is -3.28. The lowest BCUT2D eigenvalue weighted by Gasteiger charge is -2.30. The van der Waals surface area contributed by atoms with Crippen LogP contribution in [0.25, 0.3) is 0 Å². The van der Waals surface area contributed by atoms with Crippen LogP contribution >= 0.6 is 0 Å². The maximum Gasteiger partial charge on any atom is 0.162 e. The third-order valence-corrected chi connectivity index (χ3v) is 5.06. The molecule has 0 radical (unpaired) electrons. The van der Waals surface area contributed by atoms with Crippen LogP contribution in [-0.2, 0) is 19.4 Å². The highest BCUT2D eigenvalue weighted by Crippen LogP contribution is 2.28. The molecule has 0 aliphatic carbocycles. The summed E-state index contributed by atoms with van der Waals surface area (Å²) in [6.07, 6.45) is 1.17. The fraction of sp³-hybridized carbons (Fsp3) is 0.875. The molecule has 5 heteroatoms. The summed E-state index contributed by atoms with van der Waals surface area (Å²) in [6.45, 7) is 2.28. The van der Waals surface area contributed by atoms with Crippen LogP contribution in [0.4, 0.5) is 0 Å². The number of hydrogen-bond acceptors (Lipinski definition) is 4. The second-order valence-electron chi connectivity index (χ2n) is 3.20. The quantitative estimate of drug-likeness (QED) is 0.617. The van der Waals surface area contributed by atoms with Crippen molar-refractivity contribution in [3.8, 4) is 0 Å². The summed E-state index contributed by atoms with van der Waals surface area (Å²) >= 11 is 0. The van der Waals surface area contributed by atoms with Crippen LogP contribution in [0.1, 0.15) is 19.8 Å². The molecule has 0 unspecified atom stereocenters. The van der Waals surface area contributed by atoms with Gasteiger partial charge in [-0.3, -0.25) is 0 Å². The molecule has 0 aromatic heterocycles. The van der Waals surface area contributed by atoms with Gasteiger partial charge in [0.15, 0.2) is 9.84 Å². The molecule has 13 heavy (non-hydrogen) atoms. The van der Waals surface area contributed by atoms with Gasteiger partial charge in [-0.15, -0.1) is 0 Å². The maximum atomic E-state index is 11.6. The number of rotatable bonds is 3. The first-order valence-electron chi connectivity index (χ1n) is 4.34. The van der Waals surface area contributed by atoms with Gasteiger partial charge < -0.3 is 9.53 Å². The Morgan fingerprint density at radius 2 is 1.92 bits per heavy atom. The predicted molar refractivity (Wildman–Crippen MR) is 48.3 cm³/mol. The van der Waals surface area contributed by atoms with Crippen LogP contribution in [0.3, 0.4) is 0 Å². The highest BCUT2D eigenvalue weighted by Gasteiger charge is 2.43. The van der Waals surface area contributed by atoms with Gasteiger partial charge >= 0.3 is 0 Å². The van der Waals surface area contributed by atoms with E-state index in [1.165, 1.54) is 0 Å². The van der Waals surface area contributed by atoms with Crippen LogP contribution in [-0.4, -0.2) is 38.4 Å². The van der Waals surface area contributed by atoms with Crippen molar-refractivity contribution in [2.75, 3.05) is 19.0 Å². The summed E-state index contributed by atoms with van der Waals surface area (Å²) in [4.78, 5) is 10.9. The normalized spacial score (nSPS) is 22.5. The molecule has 0 spiro atoms. The average Bonchev–Trinajstić information content (AvgIpc) is 2.18. The highest BCUT2D eigenvalue weighted by molar-refractivity contribution is 7.93. The molecule has 0 aromatic carbocycles. The third-order valence-electron chi connectivity index (χ3n) is 2.55. The molecule has 1 saturated heterocycles. The molecular weight excluding hydrogens is 192 g/mol. The van der Waals surface area contributed by atoms with E-state index in [2.05, 4.69) is 0 Å². The predicted octanol–water partition coefficient (Wildman–Crippen LogP) is 0.169. The molecule has 1 heterocycles. The van der Waals surface area contributed by atoms with E-state index < -0.39 is 14.6 Å². The van der Waals surface area contributed by atoms with Crippen LogP contribution in [0.15, 0.2) is 0 Å². The Labute approximate surface area is 78.2 Å². The van der Waals surface area contributed by atoms with Gasteiger partial charge in [0.2, 0.25) is 0 Å². The Morgan fingerprint density at radius 3 is 2.31 bits per heavy atom. The van der Waals surface area contributed by atoms with Gasteiger partial charge in [0, 0.05) is 19.0 Å². The molecular formula is C8H14O4S. The summed E-state index contributed by atoms with van der Waals surface area (Å²) in [5.41, 5.74) is 0. The van der Waals surface area contributed by atoms with Crippen molar-refractivity contribution >= 4 is 16.1 Å². The van der Waals surface area contributed by atoms with Crippen molar-refractivity contribution in [1.29, 1.82) is 0 Å². The summed E-state index contributed by atoms with van der Waals surface area (Å²) < 4.78 is 27.1. The van der Waals surface area contributed by atoms with Crippen molar-refractivity contribution in [3.05, 3.63) is 0 Å². The number of aldehydes is 1. The fourth-order valence-electron chi connectivity index (χ4n) is 1.51. The standard InChI is InChI=1S/C8H14O4S/c1-2-13(10,11)8(7-9)3-5-12-6-4-8/h7H,2-6H2,1H3. The van der Waals surface area contributed by atoms with E-state index in [0.29, 0.717) is 32.3 Å². The fourth-order valence-corrected chi connectivity index (χ4v) is 3.02. The van der Waals surface area contributed by atoms with Gasteiger partial charge in [-0.2, -0.15) is 0 Å². The van der Waals surface area contributed by atoms with Gasteiger partial charge in [-0.25, -0.2) is 8.42 Å². The van der Waals surface area contributed by atoms with Crippen molar-refractivity contribution in [2.45, 2.75) is 24.5 Å². The molecule has 1 rings (SSSR count). The van der Waals surface area contributed by atoms with Gasteiger partial charge in [-0.1, -0.05) is 6.92 Å². The Bertz CT molecular complexity index is 275. The van der Waals surface area contributed by atoms with Crippen molar-refractivity contribution in [1.82, 2.24) is 0 Å². The molecule has 0 amide bonds. The Kier molecular flexibility index (Phi) is 3.08. The number of hydrogen-bond donors (Lipinski definition) is 0. The third kappa shape index (κ3) is 1.76. The van der Waals surface area contributed by atoms with Gasteiger partial charge in [-0.05, 0) is 12.8 Å². The monoisotopic (exact) mass is 206 g/mol. The number of ether oxygens (including phenoxy) is 1. The molecule has 76 valence electrons. The molecule has 1 aliphatic heterocycles. The molecule has 1 aliphatic rings. The Hall–Kier alpha value is -0.420. The minimum Gasteiger partial charge on any atom is -0.381 e. The van der Waals surface area contributed by atoms with Crippen molar-refractivity contribution in [2.24, 2.45) is 0 Å². The van der Waals surface area contributed by atoms with Crippen LogP contribution in [0.2, 0.25) is 0 Å². The number of carbonyl (C=O) groups excluding carboxylic acids is 1. The Morgan fingerprint density at radius 1 is 1.38 bits per heavy atom. The van der Waals surface area contributed by atoms with E-state index in [4.69, 9.17) is 4.74 Å². The first-order valence-corrected chi connectivity index (χ1v) is 5.99. The summed E-state index contributed by atoms with van der Waals surface area (Å²) in [6, 6.07) is 0. The van der Waals surface area contributed by atoms with E-state index in [-0.39, 0.29) is 5.75 Å². The summed E-state index contributed by atoms with van der Waals surface area (Å²) in [5.74, 6) is 0.0196. The summed E-state index contributed by atoms with van der Waals surface area (Å²) in [5, 5.41) is 0. The van der Waals surface area contributed by atoms with E-state index in [9.17, 15) is 13.2 Å². The maximum absolute atomic E-state index is 11.6. The second-order valence-corrected chi connectivity index (χ2v) is 5.82. The largest absolute Gasteiger partial charge is 0.381 e. The van der Waals surface area contributed by atoms with E-state index in [1.54, 1.807) is 6.92 Å². The second kappa shape index (κ2) is 3.75.